The van der Waals surface area contributed by atoms with E-state index in [1.807, 2.05) is 67.6 Å². The highest BCUT2D eigenvalue weighted by atomic mass is 32.2. The fourth-order valence-corrected chi connectivity index (χ4v) is 4.45. The highest BCUT2D eigenvalue weighted by Gasteiger charge is 2.40. The molecule has 1 saturated heterocycles. The molecule has 3 aromatic rings. The molecule has 1 heterocycles. The van der Waals surface area contributed by atoms with Crippen molar-refractivity contribution < 1.29 is 14.7 Å². The van der Waals surface area contributed by atoms with Gasteiger partial charge in [-0.2, -0.15) is 5.10 Å². The Morgan fingerprint density at radius 1 is 1.06 bits per heavy atom. The summed E-state index contributed by atoms with van der Waals surface area (Å²) in [4.78, 5) is 27.3. The van der Waals surface area contributed by atoms with Gasteiger partial charge in [-0.1, -0.05) is 65.9 Å². The molecule has 2 N–H and O–H groups in total. The van der Waals surface area contributed by atoms with Gasteiger partial charge in [0, 0.05) is 18.3 Å². The number of rotatable bonds is 7. The van der Waals surface area contributed by atoms with Gasteiger partial charge in [-0.05, 0) is 55.0 Å². The Kier molecular flexibility index (Phi) is 7.74. The van der Waals surface area contributed by atoms with E-state index in [-0.39, 0.29) is 24.0 Å². The van der Waals surface area contributed by atoms with Crippen molar-refractivity contribution in [2.24, 2.45) is 10.2 Å². The number of carbonyl (C=O) groups is 2. The minimum atomic E-state index is -0.650. The molecule has 3 aromatic carbocycles. The van der Waals surface area contributed by atoms with Crippen molar-refractivity contribution in [1.29, 1.82) is 0 Å². The predicted octanol–water partition coefficient (Wildman–Crippen LogP) is 5.23. The van der Waals surface area contributed by atoms with E-state index in [0.717, 1.165) is 11.1 Å². The minimum absolute atomic E-state index is 0.0113. The molecule has 0 aromatic heterocycles. The van der Waals surface area contributed by atoms with E-state index in [9.17, 15) is 14.7 Å². The zero-order chi connectivity index (χ0) is 24.6. The summed E-state index contributed by atoms with van der Waals surface area (Å²) in [6, 6.07) is 23.5. The van der Waals surface area contributed by atoms with Crippen LogP contribution in [-0.2, 0) is 9.59 Å². The van der Waals surface area contributed by atoms with Crippen LogP contribution in [0.4, 0.5) is 11.4 Å². The fourth-order valence-electron chi connectivity index (χ4n) is 3.36. The number of phenolic OH excluding ortho intramolecular Hbond substituents is 1. The van der Waals surface area contributed by atoms with Crippen LogP contribution in [0.2, 0.25) is 0 Å². The first-order valence-corrected chi connectivity index (χ1v) is 11.9. The topological polar surface area (TPSA) is 94.4 Å². The van der Waals surface area contributed by atoms with Crippen LogP contribution in [0.5, 0.6) is 5.75 Å². The Balaban J connectivity index is 1.49. The number of aromatic hydroxyl groups is 1. The molecule has 4 rings (SSSR count). The molecule has 1 aliphatic heterocycles. The number of aryl methyl sites for hydroxylation is 1. The van der Waals surface area contributed by atoms with E-state index < -0.39 is 5.25 Å². The van der Waals surface area contributed by atoms with E-state index >= 15 is 0 Å². The number of anilines is 2. The zero-order valence-corrected chi connectivity index (χ0v) is 19.9. The highest BCUT2D eigenvalue weighted by molar-refractivity contribution is 8.16. The molecule has 0 aliphatic carbocycles. The molecule has 1 aliphatic rings. The standard InChI is InChI=1S/C27H24N4O3S/c1-19-9-11-21(12-10-19)29-25(33)18-24-26(34)31(22-13-15-23(32)16-14-22)27(35-24)30-28-17-5-8-20-6-3-2-4-7-20/h2-17,24,32H,18H2,1H3,(H,29,33)/b8-5+,28-17+,30-27+. The Morgan fingerprint density at radius 3 is 2.49 bits per heavy atom. The molecular formula is C27H24N4O3S. The number of benzene rings is 3. The third-order valence-corrected chi connectivity index (χ3v) is 6.26. The van der Waals surface area contributed by atoms with Crippen LogP contribution in [0, 0.1) is 6.92 Å². The summed E-state index contributed by atoms with van der Waals surface area (Å²) in [5.41, 5.74) is 3.34. The van der Waals surface area contributed by atoms with E-state index in [0.29, 0.717) is 16.5 Å². The lowest BCUT2D eigenvalue weighted by Crippen LogP contribution is -2.33. The number of allylic oxidation sites excluding steroid dienone is 1. The van der Waals surface area contributed by atoms with Crippen molar-refractivity contribution in [1.82, 2.24) is 0 Å². The monoisotopic (exact) mass is 484 g/mol. The van der Waals surface area contributed by atoms with E-state index in [4.69, 9.17) is 0 Å². The van der Waals surface area contributed by atoms with Gasteiger partial charge >= 0.3 is 0 Å². The lowest BCUT2D eigenvalue weighted by Gasteiger charge is -2.15. The van der Waals surface area contributed by atoms with Crippen LogP contribution in [0.3, 0.4) is 0 Å². The number of amides is 2. The quantitative estimate of drug-likeness (QED) is 0.355. The van der Waals surface area contributed by atoms with Crippen LogP contribution in [-0.4, -0.2) is 33.6 Å². The second-order valence-corrected chi connectivity index (χ2v) is 9.00. The van der Waals surface area contributed by atoms with Gasteiger partial charge in [0.1, 0.15) is 11.0 Å². The van der Waals surface area contributed by atoms with Gasteiger partial charge in [-0.25, -0.2) is 0 Å². The Morgan fingerprint density at radius 2 is 1.77 bits per heavy atom. The molecule has 0 saturated carbocycles. The first kappa shape index (κ1) is 24.0. The molecule has 1 atom stereocenters. The molecule has 0 radical (unpaired) electrons. The largest absolute Gasteiger partial charge is 0.508 e. The Hall–Kier alpha value is -4.17. The van der Waals surface area contributed by atoms with Gasteiger partial charge in [-0.15, -0.1) is 5.10 Å². The molecule has 1 unspecified atom stereocenters. The third-order valence-electron chi connectivity index (χ3n) is 5.13. The minimum Gasteiger partial charge on any atom is -0.508 e. The van der Waals surface area contributed by atoms with Crippen molar-refractivity contribution in [2.75, 3.05) is 10.2 Å². The molecule has 8 heteroatoms. The maximum Gasteiger partial charge on any atom is 0.247 e. The first-order valence-electron chi connectivity index (χ1n) is 11.0. The third kappa shape index (κ3) is 6.45. The Labute approximate surface area is 207 Å². The molecule has 7 nitrogen and oxygen atoms in total. The lowest BCUT2D eigenvalue weighted by atomic mass is 10.2. The highest BCUT2D eigenvalue weighted by Crippen LogP contribution is 2.34. The van der Waals surface area contributed by atoms with Crippen LogP contribution < -0.4 is 10.2 Å². The van der Waals surface area contributed by atoms with Gasteiger partial charge in [0.05, 0.1) is 5.69 Å². The summed E-state index contributed by atoms with van der Waals surface area (Å²) in [6.07, 6.45) is 5.19. The summed E-state index contributed by atoms with van der Waals surface area (Å²) in [5, 5.41) is 20.5. The molecule has 176 valence electrons. The summed E-state index contributed by atoms with van der Waals surface area (Å²) in [6.45, 7) is 1.97. The number of carbonyl (C=O) groups excluding carboxylic acids is 2. The van der Waals surface area contributed by atoms with Crippen LogP contribution in [0.15, 0.2) is 95.1 Å². The van der Waals surface area contributed by atoms with Gasteiger partial charge in [-0.3, -0.25) is 14.5 Å². The second-order valence-electron chi connectivity index (χ2n) is 7.83. The fraction of sp³-hybridized carbons (Fsp3) is 0.111. The first-order chi connectivity index (χ1) is 17.0. The molecule has 35 heavy (non-hydrogen) atoms. The summed E-state index contributed by atoms with van der Waals surface area (Å²) < 4.78 is 0. The molecule has 2 amide bonds. The number of amidine groups is 1. The average molecular weight is 485 g/mol. The van der Waals surface area contributed by atoms with E-state index in [2.05, 4.69) is 15.5 Å². The summed E-state index contributed by atoms with van der Waals surface area (Å²) in [7, 11) is 0. The molecular weight excluding hydrogens is 460 g/mol. The van der Waals surface area contributed by atoms with Gasteiger partial charge in [0.2, 0.25) is 11.8 Å². The summed E-state index contributed by atoms with van der Waals surface area (Å²) >= 11 is 1.19. The number of phenols is 1. The number of nitrogens with zero attached hydrogens (tertiary/aromatic N) is 3. The average Bonchev–Trinajstić information content (AvgIpc) is 3.16. The smallest absolute Gasteiger partial charge is 0.247 e. The number of hydrogen-bond donors (Lipinski definition) is 2. The normalized spacial score (nSPS) is 17.1. The van der Waals surface area contributed by atoms with Crippen molar-refractivity contribution >= 4 is 52.4 Å². The predicted molar refractivity (Wildman–Crippen MR) is 143 cm³/mol. The van der Waals surface area contributed by atoms with Crippen LogP contribution in [0.25, 0.3) is 6.08 Å². The number of hydrogen-bond acceptors (Lipinski definition) is 6. The Bertz CT molecular complexity index is 1270. The maximum atomic E-state index is 13.2. The van der Waals surface area contributed by atoms with Crippen molar-refractivity contribution in [3.05, 3.63) is 96.1 Å². The molecule has 0 spiro atoms. The number of nitrogens with one attached hydrogen (secondary N) is 1. The van der Waals surface area contributed by atoms with Crippen LogP contribution >= 0.6 is 11.8 Å². The van der Waals surface area contributed by atoms with Gasteiger partial charge in [0.15, 0.2) is 5.17 Å². The molecule has 0 bridgehead atoms. The summed E-state index contributed by atoms with van der Waals surface area (Å²) in [5.74, 6) is -0.445. The van der Waals surface area contributed by atoms with Gasteiger partial charge in [0.25, 0.3) is 0 Å². The van der Waals surface area contributed by atoms with Crippen molar-refractivity contribution in [2.45, 2.75) is 18.6 Å². The van der Waals surface area contributed by atoms with E-state index in [1.165, 1.54) is 35.0 Å². The van der Waals surface area contributed by atoms with Gasteiger partial charge < -0.3 is 10.4 Å². The SMILES string of the molecule is Cc1ccc(NC(=O)CC2S/C(=N/N=C/C=C/c3ccccc3)N(c3ccc(O)cc3)C2=O)cc1. The number of thioether (sulfide) groups is 1. The zero-order valence-electron chi connectivity index (χ0n) is 19.0. The molecule has 1 fully saturated rings. The van der Waals surface area contributed by atoms with Crippen LogP contribution in [0.1, 0.15) is 17.5 Å². The van der Waals surface area contributed by atoms with Crippen molar-refractivity contribution in [3.8, 4) is 5.75 Å². The van der Waals surface area contributed by atoms with E-state index in [1.54, 1.807) is 18.2 Å². The second kappa shape index (κ2) is 11.3. The maximum absolute atomic E-state index is 13.2. The lowest BCUT2D eigenvalue weighted by molar-refractivity contribution is -0.121. The van der Waals surface area contributed by atoms with Crippen molar-refractivity contribution in [3.63, 3.8) is 0 Å².